The van der Waals surface area contributed by atoms with Gasteiger partial charge in [0, 0.05) is 45.2 Å². The van der Waals surface area contributed by atoms with E-state index in [2.05, 4.69) is 10.2 Å². The highest BCUT2D eigenvalue weighted by atomic mass is 16.4. The zero-order valence-electron chi connectivity index (χ0n) is 15.2. The molecule has 3 aliphatic rings. The summed E-state index contributed by atoms with van der Waals surface area (Å²) in [5.74, 6) is 0.123. The van der Waals surface area contributed by atoms with Crippen molar-refractivity contribution in [2.24, 2.45) is 5.92 Å². The van der Waals surface area contributed by atoms with E-state index in [4.69, 9.17) is 5.11 Å². The largest absolute Gasteiger partial charge is 0.480 e. The molecule has 3 rings (SSSR count). The van der Waals surface area contributed by atoms with E-state index in [0.29, 0.717) is 24.3 Å². The molecule has 0 aromatic heterocycles. The van der Waals surface area contributed by atoms with Gasteiger partial charge in [0.15, 0.2) is 0 Å². The van der Waals surface area contributed by atoms with E-state index in [1.807, 2.05) is 9.80 Å². The smallest absolute Gasteiger partial charge is 0.317 e. The molecule has 3 saturated heterocycles. The first kappa shape index (κ1) is 18.6. The van der Waals surface area contributed by atoms with Gasteiger partial charge in [0.1, 0.15) is 0 Å². The molecule has 0 radical (unpaired) electrons. The molecule has 2 N–H and O–H groups in total. The molecule has 1 atom stereocenters. The van der Waals surface area contributed by atoms with Gasteiger partial charge in [-0.15, -0.1) is 0 Å². The van der Waals surface area contributed by atoms with E-state index >= 15 is 0 Å². The standard InChI is InChI=1S/C18H32N4O3/c23-17(2-1-15-4-7-20(8-5-15)14-18(24)25)22-11-9-21(10-12-22)16-3-6-19-13-16/h15-16,19H,1-14H2,(H,24,25). The number of piperidine rings is 1. The van der Waals surface area contributed by atoms with E-state index in [1.165, 1.54) is 6.42 Å². The maximum Gasteiger partial charge on any atom is 0.317 e. The van der Waals surface area contributed by atoms with Gasteiger partial charge in [-0.1, -0.05) is 0 Å². The molecule has 3 fully saturated rings. The quantitative estimate of drug-likeness (QED) is 0.705. The number of amides is 1. The Balaban J connectivity index is 1.31. The second kappa shape index (κ2) is 8.96. The van der Waals surface area contributed by atoms with Crippen LogP contribution in [-0.4, -0.2) is 96.6 Å². The summed E-state index contributed by atoms with van der Waals surface area (Å²) in [7, 11) is 0. The number of likely N-dealkylation sites (tertiary alicyclic amines) is 1. The Hall–Kier alpha value is -1.18. The van der Waals surface area contributed by atoms with Crippen LogP contribution in [0.2, 0.25) is 0 Å². The third-order valence-corrected chi connectivity index (χ3v) is 6.05. The van der Waals surface area contributed by atoms with Gasteiger partial charge < -0.3 is 15.3 Å². The van der Waals surface area contributed by atoms with Gasteiger partial charge in [-0.05, 0) is 51.2 Å². The minimum Gasteiger partial charge on any atom is -0.480 e. The fourth-order valence-electron chi connectivity index (χ4n) is 4.40. The fourth-order valence-corrected chi connectivity index (χ4v) is 4.40. The molecule has 0 saturated carbocycles. The monoisotopic (exact) mass is 352 g/mol. The molecule has 3 aliphatic heterocycles. The summed E-state index contributed by atoms with van der Waals surface area (Å²) in [6.07, 6.45) is 4.86. The van der Waals surface area contributed by atoms with Gasteiger partial charge in [0.2, 0.25) is 5.91 Å². The number of hydrogen-bond acceptors (Lipinski definition) is 5. The van der Waals surface area contributed by atoms with E-state index in [0.717, 1.165) is 71.6 Å². The molecule has 7 nitrogen and oxygen atoms in total. The second-order valence-electron chi connectivity index (χ2n) is 7.72. The first-order valence-electron chi connectivity index (χ1n) is 9.78. The number of nitrogens with one attached hydrogen (secondary N) is 1. The maximum absolute atomic E-state index is 12.5. The summed E-state index contributed by atoms with van der Waals surface area (Å²) in [5, 5.41) is 12.3. The number of carbonyl (C=O) groups excluding carboxylic acids is 1. The normalized spacial score (nSPS) is 26.9. The van der Waals surface area contributed by atoms with Crippen molar-refractivity contribution in [1.82, 2.24) is 20.0 Å². The van der Waals surface area contributed by atoms with E-state index in [1.54, 1.807) is 0 Å². The fraction of sp³-hybridized carbons (Fsp3) is 0.889. The Labute approximate surface area is 150 Å². The Morgan fingerprint density at radius 2 is 1.72 bits per heavy atom. The van der Waals surface area contributed by atoms with Crippen LogP contribution in [0.4, 0.5) is 0 Å². The number of carboxylic acids is 1. The Kier molecular flexibility index (Phi) is 6.67. The highest BCUT2D eigenvalue weighted by Crippen LogP contribution is 2.22. The molecular formula is C18H32N4O3. The lowest BCUT2D eigenvalue weighted by atomic mass is 9.92. The third kappa shape index (κ3) is 5.39. The summed E-state index contributed by atoms with van der Waals surface area (Å²) in [6.45, 7) is 7.80. The minimum absolute atomic E-state index is 0.145. The highest BCUT2D eigenvalue weighted by Gasteiger charge is 2.28. The van der Waals surface area contributed by atoms with Gasteiger partial charge in [-0.3, -0.25) is 19.4 Å². The molecule has 142 valence electrons. The average Bonchev–Trinajstić information content (AvgIpc) is 3.15. The molecule has 0 aliphatic carbocycles. The molecule has 1 unspecified atom stereocenters. The number of piperazine rings is 1. The van der Waals surface area contributed by atoms with E-state index < -0.39 is 5.97 Å². The van der Waals surface area contributed by atoms with Gasteiger partial charge in [0.05, 0.1) is 6.54 Å². The Morgan fingerprint density at radius 3 is 2.32 bits per heavy atom. The summed E-state index contributed by atoms with van der Waals surface area (Å²) in [4.78, 5) is 29.8. The van der Waals surface area contributed by atoms with E-state index in [9.17, 15) is 9.59 Å². The Bertz CT molecular complexity index is 451. The van der Waals surface area contributed by atoms with Crippen molar-refractivity contribution in [3.05, 3.63) is 0 Å². The lowest BCUT2D eigenvalue weighted by molar-refractivity contribution is -0.138. The number of hydrogen-bond donors (Lipinski definition) is 2. The summed E-state index contributed by atoms with van der Waals surface area (Å²) >= 11 is 0. The predicted molar refractivity (Wildman–Crippen MR) is 95.5 cm³/mol. The zero-order chi connectivity index (χ0) is 17.6. The molecule has 25 heavy (non-hydrogen) atoms. The van der Waals surface area contributed by atoms with Gasteiger partial charge >= 0.3 is 5.97 Å². The molecule has 0 spiro atoms. The van der Waals surface area contributed by atoms with Crippen LogP contribution >= 0.6 is 0 Å². The molecule has 3 heterocycles. The van der Waals surface area contributed by atoms with Crippen LogP contribution in [0.1, 0.15) is 32.1 Å². The summed E-state index contributed by atoms with van der Waals surface area (Å²) in [5.41, 5.74) is 0. The first-order valence-corrected chi connectivity index (χ1v) is 9.78. The van der Waals surface area contributed by atoms with Crippen molar-refractivity contribution in [2.45, 2.75) is 38.1 Å². The van der Waals surface area contributed by atoms with Crippen molar-refractivity contribution >= 4 is 11.9 Å². The van der Waals surface area contributed by atoms with Gasteiger partial charge in [-0.2, -0.15) is 0 Å². The van der Waals surface area contributed by atoms with Crippen LogP contribution in [0, 0.1) is 5.92 Å². The zero-order valence-corrected chi connectivity index (χ0v) is 15.2. The average molecular weight is 352 g/mol. The molecule has 0 aromatic rings. The first-order chi connectivity index (χ1) is 12.1. The predicted octanol–water partition coefficient (Wildman–Crippen LogP) is 0.0693. The lowest BCUT2D eigenvalue weighted by Gasteiger charge is -2.38. The SMILES string of the molecule is O=C(O)CN1CCC(CCC(=O)N2CCN(C3CCNC3)CC2)CC1. The highest BCUT2D eigenvalue weighted by molar-refractivity contribution is 5.76. The van der Waals surface area contributed by atoms with Crippen LogP contribution in [-0.2, 0) is 9.59 Å². The van der Waals surface area contributed by atoms with Crippen LogP contribution in [0.25, 0.3) is 0 Å². The number of carbonyl (C=O) groups is 2. The maximum atomic E-state index is 12.5. The lowest BCUT2D eigenvalue weighted by Crippen LogP contribution is -2.52. The van der Waals surface area contributed by atoms with Crippen LogP contribution in [0.3, 0.4) is 0 Å². The van der Waals surface area contributed by atoms with Gasteiger partial charge in [-0.25, -0.2) is 0 Å². The topological polar surface area (TPSA) is 76.1 Å². The van der Waals surface area contributed by atoms with Crippen molar-refractivity contribution < 1.29 is 14.7 Å². The number of carboxylic acid groups (broad SMARTS) is 1. The second-order valence-corrected chi connectivity index (χ2v) is 7.72. The van der Waals surface area contributed by atoms with Crippen molar-refractivity contribution in [1.29, 1.82) is 0 Å². The van der Waals surface area contributed by atoms with Crippen LogP contribution in [0.15, 0.2) is 0 Å². The van der Waals surface area contributed by atoms with Gasteiger partial charge in [0.25, 0.3) is 0 Å². The third-order valence-electron chi connectivity index (χ3n) is 6.05. The number of nitrogens with zero attached hydrogens (tertiary/aromatic N) is 3. The molecular weight excluding hydrogens is 320 g/mol. The minimum atomic E-state index is -0.749. The molecule has 0 aromatic carbocycles. The van der Waals surface area contributed by atoms with E-state index in [-0.39, 0.29) is 6.54 Å². The van der Waals surface area contributed by atoms with Crippen molar-refractivity contribution in [3.63, 3.8) is 0 Å². The van der Waals surface area contributed by atoms with Crippen molar-refractivity contribution in [3.8, 4) is 0 Å². The molecule has 0 bridgehead atoms. The molecule has 1 amide bonds. The number of rotatable bonds is 6. The Morgan fingerprint density at radius 1 is 1.00 bits per heavy atom. The van der Waals surface area contributed by atoms with Crippen LogP contribution in [0.5, 0.6) is 0 Å². The van der Waals surface area contributed by atoms with Crippen molar-refractivity contribution in [2.75, 3.05) is 58.9 Å². The van der Waals surface area contributed by atoms with Crippen LogP contribution < -0.4 is 5.32 Å². The number of aliphatic carboxylic acids is 1. The molecule has 7 heteroatoms. The summed E-state index contributed by atoms with van der Waals surface area (Å²) in [6, 6.07) is 0.660. The summed E-state index contributed by atoms with van der Waals surface area (Å²) < 4.78 is 0.